The number of amides is 1. The lowest BCUT2D eigenvalue weighted by Gasteiger charge is -2.06. The van der Waals surface area contributed by atoms with Crippen molar-refractivity contribution in [3.63, 3.8) is 0 Å². The van der Waals surface area contributed by atoms with Crippen molar-refractivity contribution < 1.29 is 9.72 Å². The summed E-state index contributed by atoms with van der Waals surface area (Å²) in [5, 5.41) is 16.3. The van der Waals surface area contributed by atoms with E-state index in [9.17, 15) is 14.9 Å². The molecule has 0 aliphatic rings. The predicted octanol–water partition coefficient (Wildman–Crippen LogP) is 1.86. The molecule has 6 nitrogen and oxygen atoms in total. The van der Waals surface area contributed by atoms with Crippen molar-refractivity contribution in [3.05, 3.63) is 28.3 Å². The van der Waals surface area contributed by atoms with E-state index in [1.54, 1.807) is 13.1 Å². The molecule has 2 N–H and O–H groups in total. The molecule has 1 amide bonds. The Balaban J connectivity index is 2.88. The average molecular weight is 269 g/mol. The van der Waals surface area contributed by atoms with Crippen molar-refractivity contribution >= 4 is 29.0 Å². The SMILES string of the molecule is CCNc1cc(SCC(=O)NC)cc([N+](=O)[O-])c1. The number of hydrogen-bond donors (Lipinski definition) is 2. The van der Waals surface area contributed by atoms with E-state index in [1.807, 2.05) is 6.92 Å². The standard InChI is InChI=1S/C11H15N3O3S/c1-3-13-8-4-9(14(16)17)6-10(5-8)18-7-11(15)12-2/h4-6,13H,3,7H2,1-2H3,(H,12,15). The fourth-order valence-electron chi connectivity index (χ4n) is 1.30. The summed E-state index contributed by atoms with van der Waals surface area (Å²) in [6.45, 7) is 2.59. The van der Waals surface area contributed by atoms with Gasteiger partial charge in [0.15, 0.2) is 0 Å². The summed E-state index contributed by atoms with van der Waals surface area (Å²) in [6.07, 6.45) is 0. The smallest absolute Gasteiger partial charge is 0.272 e. The minimum atomic E-state index is -0.440. The number of nitro groups is 1. The van der Waals surface area contributed by atoms with Crippen LogP contribution in [-0.4, -0.2) is 30.2 Å². The lowest BCUT2D eigenvalue weighted by molar-refractivity contribution is -0.385. The molecule has 0 aliphatic heterocycles. The van der Waals surface area contributed by atoms with E-state index >= 15 is 0 Å². The number of carbonyl (C=O) groups is 1. The van der Waals surface area contributed by atoms with Gasteiger partial charge in [-0.15, -0.1) is 11.8 Å². The molecule has 0 saturated heterocycles. The summed E-state index contributed by atoms with van der Waals surface area (Å²) in [5.74, 6) is 0.125. The molecular weight excluding hydrogens is 254 g/mol. The fraction of sp³-hybridized carbons (Fsp3) is 0.364. The number of non-ortho nitro benzene ring substituents is 1. The van der Waals surface area contributed by atoms with Crippen molar-refractivity contribution in [3.8, 4) is 0 Å². The molecule has 98 valence electrons. The van der Waals surface area contributed by atoms with Gasteiger partial charge in [0.25, 0.3) is 5.69 Å². The number of thioether (sulfide) groups is 1. The molecule has 1 rings (SSSR count). The van der Waals surface area contributed by atoms with Crippen molar-refractivity contribution in [2.45, 2.75) is 11.8 Å². The van der Waals surface area contributed by atoms with Crippen LogP contribution >= 0.6 is 11.8 Å². The van der Waals surface area contributed by atoms with Crippen molar-refractivity contribution in [2.75, 3.05) is 24.7 Å². The van der Waals surface area contributed by atoms with Gasteiger partial charge in [0.1, 0.15) is 0 Å². The Morgan fingerprint density at radius 2 is 2.17 bits per heavy atom. The largest absolute Gasteiger partial charge is 0.385 e. The van der Waals surface area contributed by atoms with Crippen LogP contribution in [0.5, 0.6) is 0 Å². The molecule has 0 aliphatic carbocycles. The number of benzene rings is 1. The van der Waals surface area contributed by atoms with Gasteiger partial charge in [-0.05, 0) is 13.0 Å². The molecule has 0 unspecified atom stereocenters. The second-order valence-electron chi connectivity index (χ2n) is 3.46. The van der Waals surface area contributed by atoms with Gasteiger partial charge >= 0.3 is 0 Å². The van der Waals surface area contributed by atoms with E-state index < -0.39 is 4.92 Å². The number of nitro benzene ring substituents is 1. The van der Waals surface area contributed by atoms with Crippen molar-refractivity contribution in [2.24, 2.45) is 0 Å². The molecular formula is C11H15N3O3S. The van der Waals surface area contributed by atoms with Crippen LogP contribution in [0.2, 0.25) is 0 Å². The monoisotopic (exact) mass is 269 g/mol. The zero-order chi connectivity index (χ0) is 13.5. The van der Waals surface area contributed by atoms with Gasteiger partial charge in [-0.3, -0.25) is 14.9 Å². The molecule has 0 atom stereocenters. The maximum absolute atomic E-state index is 11.1. The van der Waals surface area contributed by atoms with Crippen LogP contribution in [-0.2, 0) is 4.79 Å². The zero-order valence-electron chi connectivity index (χ0n) is 10.2. The Labute approximate surface area is 109 Å². The molecule has 0 radical (unpaired) electrons. The highest BCUT2D eigenvalue weighted by atomic mass is 32.2. The van der Waals surface area contributed by atoms with Gasteiger partial charge in [-0.1, -0.05) is 0 Å². The van der Waals surface area contributed by atoms with Gasteiger partial charge in [0.05, 0.1) is 10.7 Å². The van der Waals surface area contributed by atoms with E-state index in [2.05, 4.69) is 10.6 Å². The quantitative estimate of drug-likeness (QED) is 0.468. The molecule has 7 heteroatoms. The van der Waals surface area contributed by atoms with Gasteiger partial charge < -0.3 is 10.6 Å². The number of rotatable bonds is 6. The number of anilines is 1. The van der Waals surface area contributed by atoms with Crippen LogP contribution < -0.4 is 10.6 Å². The highest BCUT2D eigenvalue weighted by molar-refractivity contribution is 8.00. The van der Waals surface area contributed by atoms with Crippen molar-refractivity contribution in [1.82, 2.24) is 5.32 Å². The minimum absolute atomic E-state index is 0.0212. The molecule has 0 saturated carbocycles. The molecule has 18 heavy (non-hydrogen) atoms. The van der Waals surface area contributed by atoms with Crippen LogP contribution in [0.3, 0.4) is 0 Å². The summed E-state index contributed by atoms with van der Waals surface area (Å²) in [7, 11) is 1.56. The van der Waals surface area contributed by atoms with Gasteiger partial charge in [0.2, 0.25) is 5.91 Å². The summed E-state index contributed by atoms with van der Waals surface area (Å²) >= 11 is 1.27. The summed E-state index contributed by atoms with van der Waals surface area (Å²) < 4.78 is 0. The minimum Gasteiger partial charge on any atom is -0.385 e. The van der Waals surface area contributed by atoms with E-state index in [1.165, 1.54) is 23.9 Å². The fourth-order valence-corrected chi connectivity index (χ4v) is 2.16. The molecule has 1 aromatic carbocycles. The zero-order valence-corrected chi connectivity index (χ0v) is 11.0. The van der Waals surface area contributed by atoms with Crippen LogP contribution in [0.15, 0.2) is 23.1 Å². The average Bonchev–Trinajstić information content (AvgIpc) is 2.36. The van der Waals surface area contributed by atoms with Crippen molar-refractivity contribution in [1.29, 1.82) is 0 Å². The van der Waals surface area contributed by atoms with Crippen LogP contribution in [0, 0.1) is 10.1 Å². The lowest BCUT2D eigenvalue weighted by Crippen LogP contribution is -2.19. The van der Waals surface area contributed by atoms with E-state index in [-0.39, 0.29) is 17.3 Å². The summed E-state index contributed by atoms with van der Waals surface area (Å²) in [6, 6.07) is 4.74. The second kappa shape index (κ2) is 6.85. The Kier molecular flexibility index (Phi) is 5.44. The van der Waals surface area contributed by atoms with Crippen LogP contribution in [0.25, 0.3) is 0 Å². The van der Waals surface area contributed by atoms with Gasteiger partial charge in [-0.2, -0.15) is 0 Å². The maximum atomic E-state index is 11.1. The Bertz CT molecular complexity index is 451. The third-order valence-electron chi connectivity index (χ3n) is 2.13. The topological polar surface area (TPSA) is 84.3 Å². The van der Waals surface area contributed by atoms with E-state index in [4.69, 9.17) is 0 Å². The second-order valence-corrected chi connectivity index (χ2v) is 4.51. The summed E-state index contributed by atoms with van der Waals surface area (Å²) in [4.78, 5) is 22.2. The highest BCUT2D eigenvalue weighted by Crippen LogP contribution is 2.27. The predicted molar refractivity (Wildman–Crippen MR) is 72.1 cm³/mol. The Morgan fingerprint density at radius 3 is 2.72 bits per heavy atom. The van der Waals surface area contributed by atoms with E-state index in [0.29, 0.717) is 17.1 Å². The Hall–Kier alpha value is -1.76. The lowest BCUT2D eigenvalue weighted by atomic mass is 10.3. The van der Waals surface area contributed by atoms with E-state index in [0.717, 1.165) is 0 Å². The van der Waals surface area contributed by atoms with Gasteiger partial charge in [0, 0.05) is 36.3 Å². The first-order valence-electron chi connectivity index (χ1n) is 5.43. The number of carbonyl (C=O) groups excluding carboxylic acids is 1. The number of nitrogens with one attached hydrogen (secondary N) is 2. The van der Waals surface area contributed by atoms with Gasteiger partial charge in [-0.25, -0.2) is 0 Å². The first-order chi connectivity index (χ1) is 8.56. The maximum Gasteiger partial charge on any atom is 0.272 e. The normalized spacial score (nSPS) is 9.89. The molecule has 0 fully saturated rings. The van der Waals surface area contributed by atoms with Crippen LogP contribution in [0.4, 0.5) is 11.4 Å². The highest BCUT2D eigenvalue weighted by Gasteiger charge is 2.10. The molecule has 0 heterocycles. The first-order valence-corrected chi connectivity index (χ1v) is 6.42. The third kappa shape index (κ3) is 4.25. The first kappa shape index (κ1) is 14.3. The Morgan fingerprint density at radius 1 is 1.44 bits per heavy atom. The number of hydrogen-bond acceptors (Lipinski definition) is 5. The van der Waals surface area contributed by atoms with Crippen LogP contribution in [0.1, 0.15) is 6.92 Å². The third-order valence-corrected chi connectivity index (χ3v) is 3.11. The molecule has 1 aromatic rings. The molecule has 0 spiro atoms. The molecule has 0 bridgehead atoms. The molecule has 0 aromatic heterocycles. The summed E-state index contributed by atoms with van der Waals surface area (Å²) in [5.41, 5.74) is 0.707. The number of nitrogens with zero attached hydrogens (tertiary/aromatic N) is 1.